The van der Waals surface area contributed by atoms with Gasteiger partial charge in [-0.25, -0.2) is 0 Å². The van der Waals surface area contributed by atoms with Gasteiger partial charge in [-0.3, -0.25) is 14.7 Å². The zero-order chi connectivity index (χ0) is 22.8. The van der Waals surface area contributed by atoms with Gasteiger partial charge >= 0.3 is 0 Å². The predicted octanol–water partition coefficient (Wildman–Crippen LogP) is 4.44. The van der Waals surface area contributed by atoms with Crippen LogP contribution in [0.1, 0.15) is 18.4 Å². The van der Waals surface area contributed by atoms with E-state index in [1.165, 1.54) is 30.8 Å². The van der Waals surface area contributed by atoms with Crippen LogP contribution in [-0.2, 0) is 4.79 Å². The Morgan fingerprint density at radius 2 is 2.00 bits per heavy atom. The number of hydrogen-bond acceptors (Lipinski definition) is 6. The molecule has 0 saturated carbocycles. The highest BCUT2D eigenvalue weighted by atomic mass is 35.5. The smallest absolute Gasteiger partial charge is 0.234 e. The lowest BCUT2D eigenvalue weighted by molar-refractivity contribution is -0.113. The molecule has 0 spiro atoms. The van der Waals surface area contributed by atoms with Crippen molar-refractivity contribution in [1.29, 1.82) is 0 Å². The third-order valence-electron chi connectivity index (χ3n) is 5.08. The van der Waals surface area contributed by atoms with E-state index in [-0.39, 0.29) is 5.91 Å². The Morgan fingerprint density at radius 3 is 2.69 bits per heavy atom. The maximum atomic E-state index is 12.5. The van der Waals surface area contributed by atoms with Gasteiger partial charge in [-0.2, -0.15) is 0 Å². The molecule has 0 bridgehead atoms. The van der Waals surface area contributed by atoms with Gasteiger partial charge in [0, 0.05) is 34.8 Å². The molecule has 0 aromatic heterocycles. The monoisotopic (exact) mass is 472 g/mol. The molecule has 1 aliphatic heterocycles. The van der Waals surface area contributed by atoms with Crippen molar-refractivity contribution >= 4 is 40.7 Å². The van der Waals surface area contributed by atoms with E-state index >= 15 is 0 Å². The molecule has 0 unspecified atom stereocenters. The number of nitrogens with zero attached hydrogens (tertiary/aromatic N) is 2. The number of nitrogens with two attached hydrogens (primary N) is 1. The van der Waals surface area contributed by atoms with Gasteiger partial charge in [0.15, 0.2) is 0 Å². The SMILES string of the molecule is CN=C(C=CN)c1cc(NC(=O)CSc2ccc(Cl)cc2)ccc1OCCN1CCCC1. The van der Waals surface area contributed by atoms with Crippen LogP contribution in [0.5, 0.6) is 5.75 Å². The van der Waals surface area contributed by atoms with E-state index in [9.17, 15) is 4.79 Å². The molecule has 170 valence electrons. The molecule has 1 amide bonds. The van der Waals surface area contributed by atoms with Gasteiger partial charge in [0.1, 0.15) is 12.4 Å². The summed E-state index contributed by atoms with van der Waals surface area (Å²) >= 11 is 7.36. The summed E-state index contributed by atoms with van der Waals surface area (Å²) in [6.45, 7) is 3.75. The number of hydrogen-bond donors (Lipinski definition) is 2. The van der Waals surface area contributed by atoms with Crippen molar-refractivity contribution in [1.82, 2.24) is 4.90 Å². The lowest BCUT2D eigenvalue weighted by Crippen LogP contribution is -2.25. The molecule has 0 atom stereocenters. The van der Waals surface area contributed by atoms with E-state index < -0.39 is 0 Å². The number of allylic oxidation sites excluding steroid dienone is 1. The largest absolute Gasteiger partial charge is 0.492 e. The molecule has 0 radical (unpaired) electrons. The highest BCUT2D eigenvalue weighted by Gasteiger charge is 2.14. The van der Waals surface area contributed by atoms with Crippen molar-refractivity contribution in [3.63, 3.8) is 0 Å². The van der Waals surface area contributed by atoms with Gasteiger partial charge in [0.05, 0.1) is 11.5 Å². The number of halogens is 1. The zero-order valence-corrected chi connectivity index (χ0v) is 19.8. The molecule has 1 aliphatic rings. The van der Waals surface area contributed by atoms with Crippen LogP contribution < -0.4 is 15.8 Å². The van der Waals surface area contributed by atoms with Gasteiger partial charge in [-0.1, -0.05) is 11.6 Å². The van der Waals surface area contributed by atoms with Crippen molar-refractivity contribution < 1.29 is 9.53 Å². The fourth-order valence-electron chi connectivity index (χ4n) is 3.48. The Morgan fingerprint density at radius 1 is 1.25 bits per heavy atom. The number of thioether (sulfide) groups is 1. The first-order valence-corrected chi connectivity index (χ1v) is 12.0. The van der Waals surface area contributed by atoms with E-state index in [1.54, 1.807) is 13.1 Å². The summed E-state index contributed by atoms with van der Waals surface area (Å²) in [5.41, 5.74) is 7.77. The zero-order valence-electron chi connectivity index (χ0n) is 18.2. The van der Waals surface area contributed by atoms with E-state index in [0.717, 1.165) is 35.8 Å². The molecule has 2 aromatic rings. The third kappa shape index (κ3) is 7.29. The predicted molar refractivity (Wildman–Crippen MR) is 134 cm³/mol. The topological polar surface area (TPSA) is 79.9 Å². The standard InChI is InChI=1S/C24H29ClN4O2S/c1-27-22(10-11-26)21-16-19(6-9-23(21)31-15-14-29-12-2-3-13-29)28-24(30)17-32-20-7-4-18(25)5-8-20/h4-11,16H,2-3,12-15,17,26H2,1H3,(H,28,30). The molecule has 1 saturated heterocycles. The fraction of sp³-hybridized carbons (Fsp3) is 0.333. The number of ether oxygens (including phenoxy) is 1. The molecule has 32 heavy (non-hydrogen) atoms. The molecular formula is C24H29ClN4O2S. The summed E-state index contributed by atoms with van der Waals surface area (Å²) in [7, 11) is 1.71. The summed E-state index contributed by atoms with van der Waals surface area (Å²) in [4.78, 5) is 20.2. The maximum absolute atomic E-state index is 12.5. The average molecular weight is 473 g/mol. The van der Waals surface area contributed by atoms with Crippen LogP contribution in [0, 0.1) is 0 Å². The fourth-order valence-corrected chi connectivity index (χ4v) is 4.30. The third-order valence-corrected chi connectivity index (χ3v) is 6.35. The number of amides is 1. The second kappa shape index (κ2) is 12.5. The molecule has 1 heterocycles. The van der Waals surface area contributed by atoms with Crippen molar-refractivity contribution in [3.05, 3.63) is 65.3 Å². The van der Waals surface area contributed by atoms with Crippen LogP contribution in [0.2, 0.25) is 5.02 Å². The van der Waals surface area contributed by atoms with Crippen LogP contribution >= 0.6 is 23.4 Å². The van der Waals surface area contributed by atoms with Gasteiger partial charge < -0.3 is 15.8 Å². The van der Waals surface area contributed by atoms with E-state index in [4.69, 9.17) is 22.1 Å². The van der Waals surface area contributed by atoms with Crippen LogP contribution in [0.4, 0.5) is 5.69 Å². The van der Waals surface area contributed by atoms with Crippen LogP contribution in [0.15, 0.2) is 64.6 Å². The number of benzene rings is 2. The van der Waals surface area contributed by atoms with Gasteiger partial charge in [0.25, 0.3) is 0 Å². The summed E-state index contributed by atoms with van der Waals surface area (Å²) in [5.74, 6) is 0.919. The first-order chi connectivity index (χ1) is 15.6. The van der Waals surface area contributed by atoms with E-state index in [2.05, 4.69) is 15.2 Å². The first-order valence-electron chi connectivity index (χ1n) is 10.6. The van der Waals surface area contributed by atoms with Gasteiger partial charge in [-0.05, 0) is 80.7 Å². The Balaban J connectivity index is 1.65. The highest BCUT2D eigenvalue weighted by Crippen LogP contribution is 2.26. The number of rotatable bonds is 10. The minimum atomic E-state index is -0.0945. The normalized spacial score (nSPS) is 14.8. The van der Waals surface area contributed by atoms with Crippen LogP contribution in [-0.4, -0.2) is 55.6 Å². The Hall–Kier alpha value is -2.48. The summed E-state index contributed by atoms with van der Waals surface area (Å²) < 4.78 is 6.08. The quantitative estimate of drug-likeness (QED) is 0.395. The second-order valence-corrected chi connectivity index (χ2v) is 8.85. The molecule has 1 fully saturated rings. The molecular weight excluding hydrogens is 444 g/mol. The lowest BCUT2D eigenvalue weighted by atomic mass is 10.1. The van der Waals surface area contributed by atoms with Crippen molar-refractivity contribution in [3.8, 4) is 5.75 Å². The summed E-state index contributed by atoms with van der Waals surface area (Å²) in [5, 5.41) is 3.63. The van der Waals surface area contributed by atoms with E-state index in [0.29, 0.717) is 28.8 Å². The molecule has 3 rings (SSSR count). The molecule has 6 nitrogen and oxygen atoms in total. The molecule has 0 aliphatic carbocycles. The Labute approximate surface area is 198 Å². The van der Waals surface area contributed by atoms with Crippen molar-refractivity contribution in [2.45, 2.75) is 17.7 Å². The van der Waals surface area contributed by atoms with Crippen molar-refractivity contribution in [2.24, 2.45) is 10.7 Å². The van der Waals surface area contributed by atoms with Crippen LogP contribution in [0.25, 0.3) is 0 Å². The molecule has 8 heteroatoms. The van der Waals surface area contributed by atoms with Crippen molar-refractivity contribution in [2.75, 3.05) is 44.4 Å². The van der Waals surface area contributed by atoms with Gasteiger partial charge in [-0.15, -0.1) is 11.8 Å². The number of nitrogens with one attached hydrogen (secondary N) is 1. The summed E-state index contributed by atoms with van der Waals surface area (Å²) in [6, 6.07) is 13.0. The Kier molecular flexibility index (Phi) is 9.46. The van der Waals surface area contributed by atoms with E-state index in [1.807, 2.05) is 42.5 Å². The summed E-state index contributed by atoms with van der Waals surface area (Å²) in [6.07, 6.45) is 5.68. The number of aliphatic imine (C=N–C) groups is 1. The maximum Gasteiger partial charge on any atom is 0.234 e. The number of carbonyl (C=O) groups excluding carboxylic acids is 1. The minimum absolute atomic E-state index is 0.0945. The number of likely N-dealkylation sites (tertiary alicyclic amines) is 1. The number of anilines is 1. The molecule has 2 aromatic carbocycles. The van der Waals surface area contributed by atoms with Crippen LogP contribution in [0.3, 0.4) is 0 Å². The highest BCUT2D eigenvalue weighted by molar-refractivity contribution is 8.00. The average Bonchev–Trinajstić information content (AvgIpc) is 3.31. The first kappa shape index (κ1) is 24.2. The minimum Gasteiger partial charge on any atom is -0.492 e. The molecule has 3 N–H and O–H groups in total. The van der Waals surface area contributed by atoms with Gasteiger partial charge in [0.2, 0.25) is 5.91 Å². The second-order valence-electron chi connectivity index (χ2n) is 7.37. The lowest BCUT2D eigenvalue weighted by Gasteiger charge is -2.17. The Bertz CT molecular complexity index is 957. The number of carbonyl (C=O) groups is 1.